The minimum absolute atomic E-state index is 0.0203. The first kappa shape index (κ1) is 32.6. The molecule has 3 unspecified atom stereocenters. The van der Waals surface area contributed by atoms with Gasteiger partial charge in [0.05, 0.1) is 16.2 Å². The first-order valence-electron chi connectivity index (χ1n) is 16.6. The summed E-state index contributed by atoms with van der Waals surface area (Å²) in [5, 5.41) is 15.5. The van der Waals surface area contributed by atoms with E-state index in [-0.39, 0.29) is 41.2 Å². The molecular weight excluding hydrogens is 649 g/mol. The summed E-state index contributed by atoms with van der Waals surface area (Å²) in [6.45, 7) is 2.46. The maximum Gasteiger partial charge on any atom is 0.319 e. The first-order chi connectivity index (χ1) is 22.5. The van der Waals surface area contributed by atoms with Crippen molar-refractivity contribution >= 4 is 51.5 Å². The second-order valence-electron chi connectivity index (χ2n) is 13.7. The molecule has 13 heteroatoms. The van der Waals surface area contributed by atoms with E-state index in [9.17, 15) is 14.3 Å². The van der Waals surface area contributed by atoms with E-state index in [4.69, 9.17) is 38.7 Å². The fraction of sp³-hybridized carbons (Fsp3) is 0.559. The summed E-state index contributed by atoms with van der Waals surface area (Å²) in [5.41, 5.74) is 6.29. The number of rotatable bonds is 3. The molecule has 6 heterocycles. The number of nitrogens with two attached hydrogens (primary N) is 1. The Morgan fingerprint density at radius 3 is 2.72 bits per heavy atom. The molecule has 1 aromatic heterocycles. The van der Waals surface area contributed by atoms with Gasteiger partial charge in [-0.15, -0.1) is 0 Å². The molecule has 5 aliphatic heterocycles. The molecule has 1 amide bonds. The van der Waals surface area contributed by atoms with Crippen molar-refractivity contribution in [1.82, 2.24) is 20.2 Å². The third kappa shape index (κ3) is 6.32. The number of amides is 1. The molecule has 0 radical (unpaired) electrons. The van der Waals surface area contributed by atoms with E-state index in [1.54, 1.807) is 18.2 Å². The number of alkyl halides is 1. The van der Waals surface area contributed by atoms with E-state index < -0.39 is 23.1 Å². The number of aliphatic hydroxyl groups is 1. The van der Waals surface area contributed by atoms with Crippen molar-refractivity contribution in [1.29, 1.82) is 0 Å². The SMILES string of the molecule is Nc1cc(Cl)c2c(c1)-c1c(Cl)cc3c(nc(OCC45CCCN4CC(F)C5)nc3c1F)N1CCCC(O)(CCNC(=O)CCCC2)C1. The molecule has 9 nitrogen and oxygen atoms in total. The Bertz CT molecular complexity index is 1710. The maximum absolute atomic E-state index is 17.0. The second-order valence-corrected chi connectivity index (χ2v) is 14.5. The highest BCUT2D eigenvalue weighted by Gasteiger charge is 2.49. The molecule has 4 N–H and O–H groups in total. The van der Waals surface area contributed by atoms with Gasteiger partial charge in [-0.1, -0.05) is 23.2 Å². The molecule has 252 valence electrons. The van der Waals surface area contributed by atoms with Crippen LogP contribution in [0.1, 0.15) is 63.4 Å². The summed E-state index contributed by atoms with van der Waals surface area (Å²) in [4.78, 5) is 26.1. The van der Waals surface area contributed by atoms with E-state index in [1.807, 2.05) is 4.90 Å². The van der Waals surface area contributed by atoms with Gasteiger partial charge in [-0.25, -0.2) is 8.78 Å². The summed E-state index contributed by atoms with van der Waals surface area (Å²) in [7, 11) is 0. The van der Waals surface area contributed by atoms with Gasteiger partial charge in [0.1, 0.15) is 24.1 Å². The minimum Gasteiger partial charge on any atom is -0.461 e. The Balaban J connectivity index is 1.37. The van der Waals surface area contributed by atoms with Crippen LogP contribution in [0.3, 0.4) is 0 Å². The zero-order chi connectivity index (χ0) is 32.9. The molecule has 6 bridgehead atoms. The van der Waals surface area contributed by atoms with Crippen LogP contribution < -0.4 is 20.7 Å². The molecule has 0 spiro atoms. The van der Waals surface area contributed by atoms with Crippen molar-refractivity contribution < 1.29 is 23.4 Å². The van der Waals surface area contributed by atoms with Gasteiger partial charge in [0.25, 0.3) is 0 Å². The largest absolute Gasteiger partial charge is 0.461 e. The lowest BCUT2D eigenvalue weighted by molar-refractivity contribution is -0.121. The predicted molar refractivity (Wildman–Crippen MR) is 179 cm³/mol. The Hall–Kier alpha value is -2.99. The molecule has 3 atom stereocenters. The predicted octanol–water partition coefficient (Wildman–Crippen LogP) is 5.84. The van der Waals surface area contributed by atoms with Crippen LogP contribution in [0.25, 0.3) is 22.0 Å². The lowest BCUT2D eigenvalue weighted by Crippen LogP contribution is -2.50. The number of nitrogens with one attached hydrogen (secondary N) is 1. The molecule has 0 aliphatic carbocycles. The minimum atomic E-state index is -1.10. The van der Waals surface area contributed by atoms with Gasteiger partial charge in [0, 0.05) is 60.7 Å². The van der Waals surface area contributed by atoms with E-state index in [1.165, 1.54) is 0 Å². The first-order valence-corrected chi connectivity index (χ1v) is 17.3. The van der Waals surface area contributed by atoms with Gasteiger partial charge in [-0.3, -0.25) is 9.69 Å². The maximum atomic E-state index is 17.0. The van der Waals surface area contributed by atoms with E-state index in [0.29, 0.717) is 104 Å². The highest BCUT2D eigenvalue weighted by atomic mass is 35.5. The molecule has 3 fully saturated rings. The number of piperidine rings is 1. The van der Waals surface area contributed by atoms with Crippen LogP contribution in [0, 0.1) is 5.82 Å². The molecule has 47 heavy (non-hydrogen) atoms. The number of anilines is 2. The molecule has 5 aliphatic rings. The Kier molecular flexibility index (Phi) is 8.86. The van der Waals surface area contributed by atoms with Crippen molar-refractivity contribution in [2.75, 3.05) is 50.0 Å². The fourth-order valence-electron chi connectivity index (χ4n) is 8.10. The summed E-state index contributed by atoms with van der Waals surface area (Å²) in [6, 6.07) is 4.93. The van der Waals surface area contributed by atoms with Crippen molar-refractivity contribution in [3.8, 4) is 17.1 Å². The topological polar surface area (TPSA) is 117 Å². The number of carbonyl (C=O) groups excluding carboxylic acids is 1. The van der Waals surface area contributed by atoms with Crippen molar-refractivity contribution in [3.05, 3.63) is 39.6 Å². The summed E-state index contributed by atoms with van der Waals surface area (Å²) in [6.07, 6.45) is 4.77. The van der Waals surface area contributed by atoms with Gasteiger partial charge in [0.15, 0.2) is 5.82 Å². The zero-order valence-electron chi connectivity index (χ0n) is 26.3. The van der Waals surface area contributed by atoms with Crippen LogP contribution in [-0.4, -0.2) is 82.5 Å². The zero-order valence-corrected chi connectivity index (χ0v) is 27.8. The quantitative estimate of drug-likeness (QED) is 0.294. The van der Waals surface area contributed by atoms with Gasteiger partial charge >= 0.3 is 6.01 Å². The Labute approximate surface area is 282 Å². The lowest BCUT2D eigenvalue weighted by atomic mass is 9.89. The number of nitrogen functional groups attached to an aromatic ring is 1. The number of fused-ring (bicyclic) bond motifs is 9. The second kappa shape index (κ2) is 12.8. The van der Waals surface area contributed by atoms with E-state index >= 15 is 4.39 Å². The van der Waals surface area contributed by atoms with Crippen LogP contribution >= 0.6 is 23.2 Å². The summed E-state index contributed by atoms with van der Waals surface area (Å²) in [5.74, 6) is -0.361. The van der Waals surface area contributed by atoms with Crippen LogP contribution in [-0.2, 0) is 11.2 Å². The molecule has 3 saturated heterocycles. The van der Waals surface area contributed by atoms with E-state index in [0.717, 1.165) is 19.4 Å². The molecule has 8 rings (SSSR count). The molecule has 3 aromatic rings. The number of halogens is 4. The average Bonchev–Trinajstić information content (AvgIpc) is 3.54. The summed E-state index contributed by atoms with van der Waals surface area (Å²) >= 11 is 13.6. The number of nitrogens with zero attached hydrogens (tertiary/aromatic N) is 4. The molecule has 2 aromatic carbocycles. The van der Waals surface area contributed by atoms with Gasteiger partial charge in [-0.05, 0) is 87.2 Å². The van der Waals surface area contributed by atoms with E-state index in [2.05, 4.69) is 15.2 Å². The Morgan fingerprint density at radius 1 is 1.06 bits per heavy atom. The number of aromatic nitrogens is 2. The smallest absolute Gasteiger partial charge is 0.319 e. The number of ether oxygens (including phenoxy) is 1. The molecular formula is C34H40Cl2F2N6O3. The van der Waals surface area contributed by atoms with Gasteiger partial charge in [0.2, 0.25) is 5.91 Å². The lowest BCUT2D eigenvalue weighted by Gasteiger charge is -2.40. The van der Waals surface area contributed by atoms with Crippen LogP contribution in [0.5, 0.6) is 6.01 Å². The fourth-order valence-corrected chi connectivity index (χ4v) is 8.72. The van der Waals surface area contributed by atoms with Crippen molar-refractivity contribution in [2.45, 2.75) is 81.5 Å². The number of hydrogen-bond acceptors (Lipinski definition) is 8. The van der Waals surface area contributed by atoms with Crippen LogP contribution in [0.15, 0.2) is 18.2 Å². The van der Waals surface area contributed by atoms with Crippen LogP contribution in [0.4, 0.5) is 20.3 Å². The normalized spacial score (nSPS) is 27.0. The van der Waals surface area contributed by atoms with Crippen molar-refractivity contribution in [2.24, 2.45) is 0 Å². The number of carbonyl (C=O) groups is 1. The van der Waals surface area contributed by atoms with Crippen LogP contribution in [0.2, 0.25) is 10.0 Å². The number of benzene rings is 2. The highest BCUT2D eigenvalue weighted by Crippen LogP contribution is 2.44. The third-order valence-electron chi connectivity index (χ3n) is 10.4. The van der Waals surface area contributed by atoms with Gasteiger partial charge < -0.3 is 25.8 Å². The third-order valence-corrected chi connectivity index (χ3v) is 11.0. The Morgan fingerprint density at radius 2 is 1.87 bits per heavy atom. The summed E-state index contributed by atoms with van der Waals surface area (Å²) < 4.78 is 37.8. The monoisotopic (exact) mass is 688 g/mol. The average molecular weight is 690 g/mol. The highest BCUT2D eigenvalue weighted by molar-refractivity contribution is 6.35. The standard InChI is InChI=1S/C34H40Cl2F2N6O3/c35-25-14-21(39)13-23-22(25)5-1-2-6-27(45)40-10-9-34(46)8-4-11-43(18-34)31-24-15-26(36)28(23)29(38)30(24)41-32(42-31)47-19-33-7-3-12-44(33)17-20(37)16-33/h13-15,20,46H,1-12,16-19,39H2,(H,40,45). The number of hydrogen-bond donors (Lipinski definition) is 3. The van der Waals surface area contributed by atoms with Crippen molar-refractivity contribution in [3.63, 3.8) is 0 Å². The molecule has 0 saturated carbocycles. The van der Waals surface area contributed by atoms with Gasteiger partial charge in [-0.2, -0.15) is 9.97 Å².